The maximum absolute atomic E-state index is 4.15. The molecule has 0 bridgehead atoms. The minimum Gasteiger partial charge on any atom is -0.354 e. The van der Waals surface area contributed by atoms with E-state index < -0.39 is 0 Å². The Morgan fingerprint density at radius 1 is 1.33 bits per heavy atom. The number of guanidine groups is 1. The third-order valence-corrected chi connectivity index (χ3v) is 1.47. The van der Waals surface area contributed by atoms with Gasteiger partial charge in [-0.05, 0) is 6.07 Å². The molecule has 12 heavy (non-hydrogen) atoms. The van der Waals surface area contributed by atoms with Crippen LogP contribution in [0.5, 0.6) is 0 Å². The van der Waals surface area contributed by atoms with Gasteiger partial charge in [-0.2, -0.15) is 0 Å². The summed E-state index contributed by atoms with van der Waals surface area (Å²) < 4.78 is 0. The van der Waals surface area contributed by atoms with Gasteiger partial charge in [0.25, 0.3) is 0 Å². The molecule has 1 aliphatic heterocycles. The summed E-state index contributed by atoms with van der Waals surface area (Å²) >= 11 is 0. The van der Waals surface area contributed by atoms with Crippen molar-refractivity contribution in [2.75, 3.05) is 18.4 Å². The molecule has 0 unspecified atom stereocenters. The number of hydrogen-bond acceptors (Lipinski definition) is 5. The van der Waals surface area contributed by atoms with Crippen LogP contribution < -0.4 is 10.6 Å². The zero-order valence-corrected chi connectivity index (χ0v) is 6.49. The summed E-state index contributed by atoms with van der Waals surface area (Å²) in [5.74, 6) is 1.33. The Balaban J connectivity index is 2.04. The summed E-state index contributed by atoms with van der Waals surface area (Å²) in [6, 6.07) is 1.77. The molecule has 2 heterocycles. The van der Waals surface area contributed by atoms with Gasteiger partial charge in [-0.15, -0.1) is 0 Å². The highest BCUT2D eigenvalue weighted by atomic mass is 15.3. The summed E-state index contributed by atoms with van der Waals surface area (Å²) in [6.07, 6.45) is 3.37. The van der Waals surface area contributed by atoms with Crippen LogP contribution >= 0.6 is 0 Å². The fourth-order valence-corrected chi connectivity index (χ4v) is 0.951. The number of aliphatic imine (C=N–C) groups is 1. The van der Waals surface area contributed by atoms with E-state index in [0.717, 1.165) is 19.0 Å². The average Bonchev–Trinajstić information content (AvgIpc) is 2.59. The Hall–Kier alpha value is -1.65. The summed E-state index contributed by atoms with van der Waals surface area (Å²) in [4.78, 5) is 12.1. The van der Waals surface area contributed by atoms with Crippen LogP contribution in [0.3, 0.4) is 0 Å². The van der Waals surface area contributed by atoms with E-state index in [0.29, 0.717) is 5.95 Å². The monoisotopic (exact) mass is 163 g/mol. The summed E-state index contributed by atoms with van der Waals surface area (Å²) in [5, 5.41) is 6.02. The average molecular weight is 163 g/mol. The highest BCUT2D eigenvalue weighted by molar-refractivity contribution is 5.92. The van der Waals surface area contributed by atoms with Gasteiger partial charge in [-0.25, -0.2) is 9.97 Å². The van der Waals surface area contributed by atoms with Gasteiger partial charge in [-0.3, -0.25) is 10.3 Å². The molecule has 1 aromatic rings. The second-order valence-electron chi connectivity index (χ2n) is 2.35. The van der Waals surface area contributed by atoms with Gasteiger partial charge < -0.3 is 5.32 Å². The quantitative estimate of drug-likeness (QED) is 0.604. The Bertz CT molecular complexity index is 281. The number of aromatic nitrogens is 2. The minimum absolute atomic E-state index is 0.575. The molecule has 0 radical (unpaired) electrons. The molecule has 0 fully saturated rings. The smallest absolute Gasteiger partial charge is 0.229 e. The van der Waals surface area contributed by atoms with Crippen molar-refractivity contribution in [2.24, 2.45) is 4.99 Å². The number of nitrogens with one attached hydrogen (secondary N) is 2. The van der Waals surface area contributed by atoms with Crippen LogP contribution in [0, 0.1) is 0 Å². The molecular formula is C7H9N5. The lowest BCUT2D eigenvalue weighted by molar-refractivity contribution is 0.958. The molecule has 0 atom stereocenters. The number of nitrogens with zero attached hydrogens (tertiary/aromatic N) is 3. The van der Waals surface area contributed by atoms with Gasteiger partial charge in [0.15, 0.2) is 5.96 Å². The van der Waals surface area contributed by atoms with Crippen molar-refractivity contribution < 1.29 is 0 Å². The van der Waals surface area contributed by atoms with Crippen LogP contribution in [-0.2, 0) is 0 Å². The van der Waals surface area contributed by atoms with Gasteiger partial charge in [0.05, 0.1) is 6.54 Å². The van der Waals surface area contributed by atoms with Gasteiger partial charge in [0, 0.05) is 18.9 Å². The van der Waals surface area contributed by atoms with Crippen molar-refractivity contribution in [3.05, 3.63) is 18.5 Å². The predicted octanol–water partition coefficient (Wildman–Crippen LogP) is -0.152. The van der Waals surface area contributed by atoms with Crippen molar-refractivity contribution >= 4 is 11.9 Å². The fraction of sp³-hybridized carbons (Fsp3) is 0.286. The van der Waals surface area contributed by atoms with E-state index in [9.17, 15) is 0 Å². The van der Waals surface area contributed by atoms with E-state index >= 15 is 0 Å². The summed E-state index contributed by atoms with van der Waals surface area (Å²) in [6.45, 7) is 1.70. The highest BCUT2D eigenvalue weighted by Crippen LogP contribution is 1.94. The fourth-order valence-electron chi connectivity index (χ4n) is 0.951. The maximum Gasteiger partial charge on any atom is 0.229 e. The van der Waals surface area contributed by atoms with E-state index in [4.69, 9.17) is 0 Å². The molecule has 2 rings (SSSR count). The number of anilines is 1. The lowest BCUT2D eigenvalue weighted by atomic mass is 10.7. The summed E-state index contributed by atoms with van der Waals surface area (Å²) in [7, 11) is 0. The van der Waals surface area contributed by atoms with Crippen LogP contribution in [-0.4, -0.2) is 29.0 Å². The van der Waals surface area contributed by atoms with Crippen molar-refractivity contribution in [3.63, 3.8) is 0 Å². The first-order valence-corrected chi connectivity index (χ1v) is 3.77. The first-order chi connectivity index (χ1) is 5.95. The lowest BCUT2D eigenvalue weighted by Gasteiger charge is -2.02. The van der Waals surface area contributed by atoms with E-state index in [1.54, 1.807) is 18.5 Å². The van der Waals surface area contributed by atoms with Gasteiger partial charge in [0.2, 0.25) is 5.95 Å². The molecule has 0 aromatic carbocycles. The molecule has 0 spiro atoms. The number of rotatable bonds is 1. The van der Waals surface area contributed by atoms with E-state index in [1.807, 2.05) is 0 Å². The third kappa shape index (κ3) is 1.50. The van der Waals surface area contributed by atoms with Crippen LogP contribution in [0.25, 0.3) is 0 Å². The molecule has 0 aliphatic carbocycles. The van der Waals surface area contributed by atoms with Crippen LogP contribution in [0.1, 0.15) is 0 Å². The van der Waals surface area contributed by atoms with E-state index in [-0.39, 0.29) is 0 Å². The molecule has 5 nitrogen and oxygen atoms in total. The normalized spacial score (nSPS) is 15.2. The predicted molar refractivity (Wildman–Crippen MR) is 46.0 cm³/mol. The minimum atomic E-state index is 0.575. The van der Waals surface area contributed by atoms with Crippen molar-refractivity contribution in [3.8, 4) is 0 Å². The molecule has 5 heteroatoms. The maximum atomic E-state index is 4.15. The topological polar surface area (TPSA) is 62.2 Å². The summed E-state index contributed by atoms with van der Waals surface area (Å²) in [5.41, 5.74) is 0. The first kappa shape index (κ1) is 7.02. The molecule has 0 amide bonds. The Labute approximate surface area is 70.0 Å². The molecule has 2 N–H and O–H groups in total. The van der Waals surface area contributed by atoms with Gasteiger partial charge in [-0.1, -0.05) is 0 Å². The lowest BCUT2D eigenvalue weighted by Crippen LogP contribution is -2.26. The third-order valence-electron chi connectivity index (χ3n) is 1.47. The van der Waals surface area contributed by atoms with Gasteiger partial charge in [0.1, 0.15) is 0 Å². The molecule has 0 saturated heterocycles. The SMILES string of the molecule is c1cnc(NC2=NCCN2)nc1. The largest absolute Gasteiger partial charge is 0.354 e. The molecule has 1 aliphatic rings. The van der Waals surface area contributed by atoms with E-state index in [2.05, 4.69) is 25.6 Å². The Kier molecular flexibility index (Phi) is 1.85. The molecule has 1 aromatic heterocycles. The van der Waals surface area contributed by atoms with Crippen LogP contribution in [0.4, 0.5) is 5.95 Å². The highest BCUT2D eigenvalue weighted by Gasteiger charge is 2.04. The van der Waals surface area contributed by atoms with Crippen LogP contribution in [0.2, 0.25) is 0 Å². The molecule has 62 valence electrons. The zero-order chi connectivity index (χ0) is 8.23. The number of hydrogen-bond donors (Lipinski definition) is 2. The van der Waals surface area contributed by atoms with Gasteiger partial charge >= 0.3 is 0 Å². The standard InChI is InChI=1S/C7H9N5/c1-2-8-6(9-3-1)12-7-10-4-5-11-7/h1-3H,4-5H2,(H2,8,9,10,11,12). The van der Waals surface area contributed by atoms with Crippen molar-refractivity contribution in [2.45, 2.75) is 0 Å². The Morgan fingerprint density at radius 3 is 2.83 bits per heavy atom. The van der Waals surface area contributed by atoms with Crippen LogP contribution in [0.15, 0.2) is 23.5 Å². The Morgan fingerprint density at radius 2 is 2.17 bits per heavy atom. The molecular weight excluding hydrogens is 154 g/mol. The van der Waals surface area contributed by atoms with Crippen molar-refractivity contribution in [1.82, 2.24) is 15.3 Å². The first-order valence-electron chi connectivity index (χ1n) is 3.77. The second-order valence-corrected chi connectivity index (χ2v) is 2.35. The zero-order valence-electron chi connectivity index (χ0n) is 6.49. The van der Waals surface area contributed by atoms with Crippen molar-refractivity contribution in [1.29, 1.82) is 0 Å². The molecule has 0 saturated carbocycles. The van der Waals surface area contributed by atoms with E-state index in [1.165, 1.54) is 0 Å². The second kappa shape index (κ2) is 3.17.